The van der Waals surface area contributed by atoms with Crippen molar-refractivity contribution in [2.24, 2.45) is 0 Å². The van der Waals surface area contributed by atoms with E-state index in [0.29, 0.717) is 0 Å². The highest BCUT2D eigenvalue weighted by Crippen LogP contribution is 2.06. The number of hydrogen-bond acceptors (Lipinski definition) is 0. The maximum atomic E-state index is 2.32. The van der Waals surface area contributed by atoms with Crippen molar-refractivity contribution in [3.63, 3.8) is 0 Å². The molecule has 20 heavy (non-hydrogen) atoms. The fourth-order valence-electron chi connectivity index (χ4n) is 2.41. The van der Waals surface area contributed by atoms with Gasteiger partial charge >= 0.3 is 0 Å². The molecule has 1 heterocycles. The topological polar surface area (TPSA) is 3.88 Å². The second-order valence-corrected chi connectivity index (χ2v) is 4.97. The lowest BCUT2D eigenvalue weighted by Crippen LogP contribution is -2.38. The Morgan fingerprint density at radius 1 is 0.600 bits per heavy atom. The molecule has 0 atom stereocenters. The lowest BCUT2D eigenvalue weighted by atomic mass is 10.1. The van der Waals surface area contributed by atoms with Gasteiger partial charge in [-0.1, -0.05) is 66.7 Å². The van der Waals surface area contributed by atoms with Gasteiger partial charge in [-0.3, -0.25) is 0 Å². The van der Waals surface area contributed by atoms with Crippen LogP contribution < -0.4 is 4.57 Å². The van der Waals surface area contributed by atoms with Crippen molar-refractivity contribution < 1.29 is 4.57 Å². The first-order valence-corrected chi connectivity index (χ1v) is 6.97. The molecule has 1 heteroatoms. The maximum Gasteiger partial charge on any atom is 0.186 e. The molecule has 0 bridgehead atoms. The summed E-state index contributed by atoms with van der Waals surface area (Å²) in [7, 11) is 0. The van der Waals surface area contributed by atoms with Crippen LogP contribution in [0.5, 0.6) is 0 Å². The monoisotopic (exact) mass is 260 g/mol. The van der Waals surface area contributed by atoms with Gasteiger partial charge in [0.1, 0.15) is 0 Å². The quantitative estimate of drug-likeness (QED) is 0.631. The van der Waals surface area contributed by atoms with Gasteiger partial charge in [0, 0.05) is 17.7 Å². The van der Waals surface area contributed by atoms with Crippen LogP contribution in [0.15, 0.2) is 85.1 Å². The zero-order valence-electron chi connectivity index (χ0n) is 11.4. The fraction of sp³-hybridized carbons (Fsp3) is 0.105. The van der Waals surface area contributed by atoms with Crippen LogP contribution in [0.25, 0.3) is 0 Å². The molecule has 0 saturated carbocycles. The summed E-state index contributed by atoms with van der Waals surface area (Å²) in [5, 5.41) is 0. The first-order chi connectivity index (χ1) is 9.92. The molecule has 0 saturated heterocycles. The highest BCUT2D eigenvalue weighted by atomic mass is 14.9. The number of pyridine rings is 1. The zero-order valence-corrected chi connectivity index (χ0v) is 11.4. The molecule has 2 aromatic carbocycles. The highest BCUT2D eigenvalue weighted by Gasteiger charge is 2.10. The number of rotatable bonds is 4. The molecule has 0 fully saturated rings. The highest BCUT2D eigenvalue weighted by molar-refractivity contribution is 5.20. The molecular weight excluding hydrogens is 242 g/mol. The minimum Gasteiger partial charge on any atom is -0.198 e. The van der Waals surface area contributed by atoms with Crippen LogP contribution >= 0.6 is 0 Å². The van der Waals surface area contributed by atoms with Crippen LogP contribution in [0.4, 0.5) is 0 Å². The minimum atomic E-state index is 0.920. The summed E-state index contributed by atoms with van der Waals surface area (Å²) < 4.78 is 2.32. The Labute approximate surface area is 120 Å². The molecule has 98 valence electrons. The number of aromatic nitrogens is 1. The van der Waals surface area contributed by atoms with Crippen LogP contribution in [0.1, 0.15) is 16.8 Å². The molecule has 0 spiro atoms. The third kappa shape index (κ3) is 3.12. The van der Waals surface area contributed by atoms with Crippen molar-refractivity contribution >= 4 is 0 Å². The van der Waals surface area contributed by atoms with Gasteiger partial charge in [0.15, 0.2) is 18.4 Å². The summed E-state index contributed by atoms with van der Waals surface area (Å²) >= 11 is 0. The van der Waals surface area contributed by atoms with E-state index in [2.05, 4.69) is 89.6 Å². The summed E-state index contributed by atoms with van der Waals surface area (Å²) in [6.07, 6.45) is 3.12. The van der Waals surface area contributed by atoms with Gasteiger partial charge in [-0.05, 0) is 5.56 Å². The molecule has 0 aliphatic rings. The second-order valence-electron chi connectivity index (χ2n) is 4.97. The van der Waals surface area contributed by atoms with E-state index in [1.807, 2.05) is 0 Å². The lowest BCUT2D eigenvalue weighted by Gasteiger charge is -2.04. The van der Waals surface area contributed by atoms with Crippen molar-refractivity contribution in [2.45, 2.75) is 13.0 Å². The molecule has 0 radical (unpaired) electrons. The molecule has 3 aromatic rings. The fourth-order valence-corrected chi connectivity index (χ4v) is 2.41. The normalized spacial score (nSPS) is 10.4. The Balaban J connectivity index is 1.85. The number of hydrogen-bond donors (Lipinski definition) is 0. The Morgan fingerprint density at radius 3 is 1.90 bits per heavy atom. The molecule has 0 aliphatic carbocycles. The SMILES string of the molecule is c1ccc(Cc2cccc[n+]2Cc2ccccc2)cc1. The van der Waals surface area contributed by atoms with Gasteiger partial charge in [-0.15, -0.1) is 0 Å². The average molecular weight is 260 g/mol. The van der Waals surface area contributed by atoms with Gasteiger partial charge in [0.05, 0.1) is 6.42 Å². The van der Waals surface area contributed by atoms with Crippen molar-refractivity contribution in [1.29, 1.82) is 0 Å². The van der Waals surface area contributed by atoms with Gasteiger partial charge in [-0.25, -0.2) is 0 Å². The van der Waals surface area contributed by atoms with Crippen LogP contribution in [0, 0.1) is 0 Å². The largest absolute Gasteiger partial charge is 0.198 e. The Hall–Kier alpha value is -2.41. The van der Waals surface area contributed by atoms with E-state index in [-0.39, 0.29) is 0 Å². The summed E-state index contributed by atoms with van der Waals surface area (Å²) in [5.74, 6) is 0. The number of nitrogens with zero attached hydrogens (tertiary/aromatic N) is 1. The minimum absolute atomic E-state index is 0.920. The van der Waals surface area contributed by atoms with E-state index in [1.54, 1.807) is 0 Å². The standard InChI is InChI=1S/C19H18N/c1-3-9-17(10-4-1)15-19-13-7-8-14-20(19)16-18-11-5-2-6-12-18/h1-14H,15-16H2/q+1. The third-order valence-electron chi connectivity index (χ3n) is 3.46. The summed E-state index contributed by atoms with van der Waals surface area (Å²) in [4.78, 5) is 0. The average Bonchev–Trinajstić information content (AvgIpc) is 2.51. The molecule has 0 unspecified atom stereocenters. The molecule has 3 rings (SSSR count). The number of benzene rings is 2. The first-order valence-electron chi connectivity index (χ1n) is 6.97. The van der Waals surface area contributed by atoms with Crippen LogP contribution in [-0.2, 0) is 13.0 Å². The predicted molar refractivity (Wildman–Crippen MR) is 81.4 cm³/mol. The maximum absolute atomic E-state index is 2.32. The van der Waals surface area contributed by atoms with E-state index in [0.717, 1.165) is 13.0 Å². The lowest BCUT2D eigenvalue weighted by molar-refractivity contribution is -0.695. The van der Waals surface area contributed by atoms with Crippen LogP contribution in [0.3, 0.4) is 0 Å². The molecule has 1 nitrogen and oxygen atoms in total. The Kier molecular flexibility index (Phi) is 3.88. The van der Waals surface area contributed by atoms with E-state index < -0.39 is 0 Å². The summed E-state index contributed by atoms with van der Waals surface area (Å²) in [6.45, 7) is 0.920. The summed E-state index contributed by atoms with van der Waals surface area (Å²) in [6, 6.07) is 27.6. The zero-order chi connectivity index (χ0) is 13.6. The first kappa shape index (κ1) is 12.6. The van der Waals surface area contributed by atoms with Crippen molar-refractivity contribution in [3.05, 3.63) is 102 Å². The van der Waals surface area contributed by atoms with E-state index in [4.69, 9.17) is 0 Å². The van der Waals surface area contributed by atoms with Crippen LogP contribution in [-0.4, -0.2) is 0 Å². The van der Waals surface area contributed by atoms with Crippen LogP contribution in [0.2, 0.25) is 0 Å². The molecule has 0 N–H and O–H groups in total. The van der Waals surface area contributed by atoms with Gasteiger partial charge in [0.25, 0.3) is 0 Å². The molecule has 1 aromatic heterocycles. The molecule has 0 aliphatic heterocycles. The van der Waals surface area contributed by atoms with Gasteiger partial charge in [0.2, 0.25) is 0 Å². The van der Waals surface area contributed by atoms with E-state index in [9.17, 15) is 0 Å². The second kappa shape index (κ2) is 6.16. The van der Waals surface area contributed by atoms with E-state index in [1.165, 1.54) is 16.8 Å². The smallest absolute Gasteiger partial charge is 0.186 e. The van der Waals surface area contributed by atoms with E-state index >= 15 is 0 Å². The van der Waals surface area contributed by atoms with Gasteiger partial charge in [-0.2, -0.15) is 4.57 Å². The van der Waals surface area contributed by atoms with Crippen molar-refractivity contribution in [1.82, 2.24) is 0 Å². The van der Waals surface area contributed by atoms with Crippen molar-refractivity contribution in [2.75, 3.05) is 0 Å². The Morgan fingerprint density at radius 2 is 1.20 bits per heavy atom. The van der Waals surface area contributed by atoms with Gasteiger partial charge < -0.3 is 0 Å². The predicted octanol–water partition coefficient (Wildman–Crippen LogP) is 3.61. The Bertz CT molecular complexity index is 599. The van der Waals surface area contributed by atoms with Crippen molar-refractivity contribution in [3.8, 4) is 0 Å². The molecular formula is C19H18N+. The third-order valence-corrected chi connectivity index (χ3v) is 3.46. The summed E-state index contributed by atoms with van der Waals surface area (Å²) in [5.41, 5.74) is 4.01. The molecule has 0 amide bonds.